The van der Waals surface area contributed by atoms with Crippen LogP contribution in [0.25, 0.3) is 0 Å². The molecule has 0 radical (unpaired) electrons. The van der Waals surface area contributed by atoms with Crippen molar-refractivity contribution in [1.29, 1.82) is 0 Å². The molecule has 0 aliphatic carbocycles. The van der Waals surface area contributed by atoms with Crippen LogP contribution < -0.4 is 21.3 Å². The Kier molecular flexibility index (Phi) is 4.31. The van der Waals surface area contributed by atoms with Crippen molar-refractivity contribution in [2.45, 2.75) is 12.3 Å². The van der Waals surface area contributed by atoms with Crippen LogP contribution in [-0.2, 0) is 4.74 Å². The molecule has 3 heterocycles. The minimum atomic E-state index is 0.215. The molecule has 2 saturated heterocycles. The number of anilines is 4. The lowest BCUT2D eigenvalue weighted by atomic mass is 9.98. The van der Waals surface area contributed by atoms with E-state index < -0.39 is 0 Å². The van der Waals surface area contributed by atoms with Gasteiger partial charge in [0, 0.05) is 44.4 Å². The molecular weight excluding hydrogens is 316 g/mol. The summed E-state index contributed by atoms with van der Waals surface area (Å²) in [6, 6.07) is 8.87. The molecule has 1 aromatic carbocycles. The number of hydrogen-bond acceptors (Lipinski definition) is 7. The highest BCUT2D eigenvalue weighted by Crippen LogP contribution is 2.29. The molecule has 4 rings (SSSR count). The lowest BCUT2D eigenvalue weighted by molar-refractivity contribution is 0.194. The lowest BCUT2D eigenvalue weighted by Crippen LogP contribution is -2.46. The molecule has 1 aromatic heterocycles. The maximum atomic E-state index is 5.99. The molecular formula is C18H24N6O. The predicted octanol–water partition coefficient (Wildman–Crippen LogP) is 1.47. The maximum absolute atomic E-state index is 5.99. The smallest absolute Gasteiger partial charge is 0.222 e. The van der Waals surface area contributed by atoms with E-state index >= 15 is 0 Å². The molecule has 2 fully saturated rings. The zero-order valence-corrected chi connectivity index (χ0v) is 14.3. The summed E-state index contributed by atoms with van der Waals surface area (Å²) in [6.07, 6.45) is 2.84. The Morgan fingerprint density at radius 1 is 1.08 bits per heavy atom. The third kappa shape index (κ3) is 3.32. The van der Waals surface area contributed by atoms with E-state index in [1.54, 1.807) is 6.20 Å². The summed E-state index contributed by atoms with van der Waals surface area (Å²) in [7, 11) is 0. The van der Waals surface area contributed by atoms with Crippen molar-refractivity contribution in [2.24, 2.45) is 0 Å². The summed E-state index contributed by atoms with van der Waals surface area (Å²) in [6.45, 7) is 5.36. The molecule has 1 atom stereocenters. The molecule has 7 heteroatoms. The third-order valence-corrected chi connectivity index (χ3v) is 5.07. The lowest BCUT2D eigenvalue weighted by Gasteiger charge is -2.37. The molecule has 0 saturated carbocycles. The van der Waals surface area contributed by atoms with Crippen LogP contribution in [0, 0.1) is 0 Å². The first-order chi connectivity index (χ1) is 12.2. The Labute approximate surface area is 147 Å². The fourth-order valence-electron chi connectivity index (χ4n) is 3.63. The average Bonchev–Trinajstić information content (AvgIpc) is 3.17. The second kappa shape index (κ2) is 6.76. The number of nitrogens with zero attached hydrogens (tertiary/aromatic N) is 4. The predicted molar refractivity (Wildman–Crippen MR) is 99.9 cm³/mol. The van der Waals surface area contributed by atoms with Crippen molar-refractivity contribution >= 4 is 23.1 Å². The Bertz CT molecular complexity index is 738. The van der Waals surface area contributed by atoms with E-state index in [-0.39, 0.29) is 5.95 Å². The number of piperazine rings is 1. The van der Waals surface area contributed by atoms with Crippen LogP contribution in [0.15, 0.2) is 30.5 Å². The first kappa shape index (κ1) is 16.0. The van der Waals surface area contributed by atoms with Crippen LogP contribution in [0.4, 0.5) is 23.1 Å². The standard InChI is InChI=1S/C18H24N6O/c19-17-16(11-21-18(20)22-17)24-7-5-23(6-8-24)15-3-1-2-13(10-15)14-4-9-25-12-14/h1-3,10-11,14H,4-9,12H2,(H4,19,20,21,22)/t14-/m1/s1. The normalized spacial score (nSPS) is 20.9. The number of rotatable bonds is 3. The zero-order valence-electron chi connectivity index (χ0n) is 14.3. The van der Waals surface area contributed by atoms with Crippen LogP contribution >= 0.6 is 0 Å². The Morgan fingerprint density at radius 2 is 1.88 bits per heavy atom. The molecule has 2 aliphatic rings. The average molecular weight is 340 g/mol. The van der Waals surface area contributed by atoms with Crippen molar-refractivity contribution in [1.82, 2.24) is 9.97 Å². The van der Waals surface area contributed by atoms with Crippen LogP contribution in [0.3, 0.4) is 0 Å². The van der Waals surface area contributed by atoms with E-state index in [1.807, 2.05) is 0 Å². The third-order valence-electron chi connectivity index (χ3n) is 5.07. The van der Waals surface area contributed by atoms with E-state index in [4.69, 9.17) is 16.2 Å². The van der Waals surface area contributed by atoms with Crippen LogP contribution in [0.2, 0.25) is 0 Å². The fraction of sp³-hybridized carbons (Fsp3) is 0.444. The van der Waals surface area contributed by atoms with Crippen LogP contribution in [0.1, 0.15) is 17.9 Å². The highest BCUT2D eigenvalue weighted by molar-refractivity contribution is 5.64. The van der Waals surface area contributed by atoms with Gasteiger partial charge in [-0.05, 0) is 24.1 Å². The summed E-state index contributed by atoms with van der Waals surface area (Å²) in [5.74, 6) is 1.20. The van der Waals surface area contributed by atoms with Gasteiger partial charge in [-0.1, -0.05) is 12.1 Å². The monoisotopic (exact) mass is 340 g/mol. The Balaban J connectivity index is 1.44. The van der Waals surface area contributed by atoms with Gasteiger partial charge in [-0.25, -0.2) is 4.98 Å². The van der Waals surface area contributed by atoms with Gasteiger partial charge in [0.1, 0.15) is 0 Å². The van der Waals surface area contributed by atoms with Crippen molar-refractivity contribution in [3.63, 3.8) is 0 Å². The van der Waals surface area contributed by atoms with Gasteiger partial charge in [-0.2, -0.15) is 4.98 Å². The fourth-order valence-corrected chi connectivity index (χ4v) is 3.63. The maximum Gasteiger partial charge on any atom is 0.222 e. The van der Waals surface area contributed by atoms with Crippen LogP contribution in [-0.4, -0.2) is 49.4 Å². The topological polar surface area (TPSA) is 93.5 Å². The summed E-state index contributed by atoms with van der Waals surface area (Å²) < 4.78 is 5.53. The number of hydrogen-bond donors (Lipinski definition) is 2. The second-order valence-corrected chi connectivity index (χ2v) is 6.63. The van der Waals surface area contributed by atoms with Gasteiger partial charge in [0.25, 0.3) is 0 Å². The largest absolute Gasteiger partial charge is 0.382 e. The van der Waals surface area contributed by atoms with Gasteiger partial charge >= 0.3 is 0 Å². The van der Waals surface area contributed by atoms with Gasteiger partial charge in [0.2, 0.25) is 5.95 Å². The van der Waals surface area contributed by atoms with Gasteiger partial charge in [-0.15, -0.1) is 0 Å². The first-order valence-corrected chi connectivity index (χ1v) is 8.76. The van der Waals surface area contributed by atoms with Gasteiger partial charge in [0.15, 0.2) is 5.82 Å². The minimum absolute atomic E-state index is 0.215. The van der Waals surface area contributed by atoms with Gasteiger partial charge in [-0.3, -0.25) is 0 Å². The minimum Gasteiger partial charge on any atom is -0.382 e. The molecule has 0 amide bonds. The number of benzene rings is 1. The molecule has 7 nitrogen and oxygen atoms in total. The SMILES string of the molecule is Nc1ncc(N2CCN(c3cccc([C@@H]4CCOC4)c3)CC2)c(N)n1. The van der Waals surface area contributed by atoms with E-state index in [9.17, 15) is 0 Å². The summed E-state index contributed by atoms with van der Waals surface area (Å²) in [5, 5.41) is 0. The van der Waals surface area contributed by atoms with E-state index in [2.05, 4.69) is 44.0 Å². The molecule has 0 spiro atoms. The van der Waals surface area contributed by atoms with Gasteiger partial charge in [0.05, 0.1) is 18.5 Å². The molecule has 0 unspecified atom stereocenters. The van der Waals surface area contributed by atoms with Gasteiger partial charge < -0.3 is 26.0 Å². The quantitative estimate of drug-likeness (QED) is 0.874. The molecule has 4 N–H and O–H groups in total. The Morgan fingerprint density at radius 3 is 2.60 bits per heavy atom. The first-order valence-electron chi connectivity index (χ1n) is 8.76. The summed E-state index contributed by atoms with van der Waals surface area (Å²) in [4.78, 5) is 12.8. The van der Waals surface area contributed by atoms with E-state index in [0.717, 1.165) is 51.5 Å². The van der Waals surface area contributed by atoms with Crippen molar-refractivity contribution < 1.29 is 4.74 Å². The second-order valence-electron chi connectivity index (χ2n) is 6.63. The van der Waals surface area contributed by atoms with Crippen LogP contribution in [0.5, 0.6) is 0 Å². The molecule has 132 valence electrons. The number of aromatic nitrogens is 2. The van der Waals surface area contributed by atoms with E-state index in [0.29, 0.717) is 11.7 Å². The van der Waals surface area contributed by atoms with E-state index in [1.165, 1.54) is 11.3 Å². The van der Waals surface area contributed by atoms with Crippen molar-refractivity contribution in [2.75, 3.05) is 60.7 Å². The summed E-state index contributed by atoms with van der Waals surface area (Å²) in [5.41, 5.74) is 15.1. The number of nitrogens with two attached hydrogens (primary N) is 2. The highest BCUT2D eigenvalue weighted by atomic mass is 16.5. The molecule has 2 aliphatic heterocycles. The van der Waals surface area contributed by atoms with Crippen molar-refractivity contribution in [3.05, 3.63) is 36.0 Å². The number of ether oxygens (including phenoxy) is 1. The summed E-state index contributed by atoms with van der Waals surface area (Å²) >= 11 is 0. The zero-order chi connectivity index (χ0) is 17.2. The highest BCUT2D eigenvalue weighted by Gasteiger charge is 2.22. The molecule has 25 heavy (non-hydrogen) atoms. The molecule has 2 aromatic rings. The Hall–Kier alpha value is -2.54. The number of nitrogen functional groups attached to an aromatic ring is 2. The van der Waals surface area contributed by atoms with Crippen molar-refractivity contribution in [3.8, 4) is 0 Å². The molecule has 0 bridgehead atoms.